The number of rotatable bonds is 1. The Labute approximate surface area is 81.1 Å². The highest BCUT2D eigenvalue weighted by molar-refractivity contribution is 8.00. The second-order valence-electron chi connectivity index (χ2n) is 3.13. The summed E-state index contributed by atoms with van der Waals surface area (Å²) < 4.78 is 0. The normalized spacial score (nSPS) is 19.3. The van der Waals surface area contributed by atoms with E-state index >= 15 is 0 Å². The van der Waals surface area contributed by atoms with Gasteiger partial charge in [0.2, 0.25) is 6.08 Å². The average Bonchev–Trinajstić information content (AvgIpc) is 2.44. The monoisotopic (exact) mass is 191 g/mol. The number of benzene rings is 1. The predicted octanol–water partition coefficient (Wildman–Crippen LogP) is 2.69. The molecule has 0 radical (unpaired) electrons. The fourth-order valence-electron chi connectivity index (χ4n) is 1.51. The van der Waals surface area contributed by atoms with Crippen molar-refractivity contribution in [1.82, 2.24) is 0 Å². The van der Waals surface area contributed by atoms with E-state index in [2.05, 4.69) is 11.9 Å². The van der Waals surface area contributed by atoms with Gasteiger partial charge in [0.1, 0.15) is 0 Å². The average molecular weight is 191 g/mol. The SMILES string of the molecule is CC1Cc2ccc(N=C=O)cc2S1. The van der Waals surface area contributed by atoms with Gasteiger partial charge in [-0.05, 0) is 24.1 Å². The van der Waals surface area contributed by atoms with Crippen LogP contribution in [0.4, 0.5) is 5.69 Å². The van der Waals surface area contributed by atoms with Crippen LogP contribution in [-0.4, -0.2) is 11.3 Å². The van der Waals surface area contributed by atoms with Gasteiger partial charge < -0.3 is 0 Å². The molecule has 1 heterocycles. The third-order valence-corrected chi connectivity index (χ3v) is 3.26. The Bertz CT molecular complexity index is 383. The molecule has 0 spiro atoms. The molecule has 0 saturated carbocycles. The third kappa shape index (κ3) is 1.67. The Morgan fingerprint density at radius 2 is 2.46 bits per heavy atom. The van der Waals surface area contributed by atoms with Gasteiger partial charge in [0.15, 0.2) is 0 Å². The lowest BCUT2D eigenvalue weighted by Crippen LogP contribution is -1.90. The van der Waals surface area contributed by atoms with Crippen molar-refractivity contribution in [2.24, 2.45) is 4.99 Å². The number of hydrogen-bond donors (Lipinski definition) is 0. The summed E-state index contributed by atoms with van der Waals surface area (Å²) in [5, 5.41) is 0.644. The van der Waals surface area contributed by atoms with E-state index in [4.69, 9.17) is 0 Å². The standard InChI is InChI=1S/C10H9NOS/c1-7-4-8-2-3-9(11-6-12)5-10(8)13-7/h2-3,5,7H,4H2,1H3. The molecule has 66 valence electrons. The molecule has 1 aromatic carbocycles. The van der Waals surface area contributed by atoms with E-state index in [1.807, 2.05) is 30.0 Å². The summed E-state index contributed by atoms with van der Waals surface area (Å²) in [7, 11) is 0. The molecule has 0 fully saturated rings. The minimum atomic E-state index is 0.644. The van der Waals surface area contributed by atoms with Crippen molar-refractivity contribution >= 4 is 23.5 Å². The molecule has 3 heteroatoms. The van der Waals surface area contributed by atoms with Crippen molar-refractivity contribution in [1.29, 1.82) is 0 Å². The number of isocyanates is 1. The molecular formula is C10H9NOS. The third-order valence-electron chi connectivity index (χ3n) is 2.06. The zero-order valence-electron chi connectivity index (χ0n) is 7.28. The number of carbonyl (C=O) groups excluding carboxylic acids is 1. The summed E-state index contributed by atoms with van der Waals surface area (Å²) in [6.07, 6.45) is 2.67. The van der Waals surface area contributed by atoms with Crippen molar-refractivity contribution in [3.8, 4) is 0 Å². The first-order valence-electron chi connectivity index (χ1n) is 4.17. The van der Waals surface area contributed by atoms with Gasteiger partial charge in [0, 0.05) is 10.1 Å². The molecule has 0 amide bonds. The maximum absolute atomic E-state index is 10.0. The summed E-state index contributed by atoms with van der Waals surface area (Å²) in [5.41, 5.74) is 2.07. The van der Waals surface area contributed by atoms with Gasteiger partial charge in [-0.25, -0.2) is 4.79 Å². The molecule has 0 saturated heterocycles. The quantitative estimate of drug-likeness (QED) is 0.504. The van der Waals surface area contributed by atoms with E-state index in [0.717, 1.165) is 6.42 Å². The fourth-order valence-corrected chi connectivity index (χ4v) is 2.70. The van der Waals surface area contributed by atoms with E-state index in [-0.39, 0.29) is 0 Å². The molecule has 1 aliphatic heterocycles. The van der Waals surface area contributed by atoms with Gasteiger partial charge in [0.25, 0.3) is 0 Å². The maximum atomic E-state index is 10.0. The van der Waals surface area contributed by atoms with Crippen LogP contribution < -0.4 is 0 Å². The number of fused-ring (bicyclic) bond motifs is 1. The fraction of sp³-hybridized carbons (Fsp3) is 0.300. The van der Waals surface area contributed by atoms with E-state index < -0.39 is 0 Å². The first-order chi connectivity index (χ1) is 6.29. The highest BCUT2D eigenvalue weighted by atomic mass is 32.2. The number of thioether (sulfide) groups is 1. The highest BCUT2D eigenvalue weighted by Gasteiger charge is 2.18. The lowest BCUT2D eigenvalue weighted by atomic mass is 10.1. The molecule has 2 rings (SSSR count). The number of hydrogen-bond acceptors (Lipinski definition) is 3. The van der Waals surface area contributed by atoms with Crippen LogP contribution in [-0.2, 0) is 11.2 Å². The Hall–Kier alpha value is -1.05. The summed E-state index contributed by atoms with van der Waals surface area (Å²) in [6.45, 7) is 2.20. The van der Waals surface area contributed by atoms with Gasteiger partial charge in [-0.2, -0.15) is 4.99 Å². The smallest absolute Gasteiger partial charge is 0.211 e. The molecule has 0 aromatic heterocycles. The van der Waals surface area contributed by atoms with Gasteiger partial charge >= 0.3 is 0 Å². The topological polar surface area (TPSA) is 29.4 Å². The number of aliphatic imine (C=N–C) groups is 1. The Morgan fingerprint density at radius 1 is 1.62 bits per heavy atom. The van der Waals surface area contributed by atoms with Crippen molar-refractivity contribution in [3.05, 3.63) is 23.8 Å². The van der Waals surface area contributed by atoms with Crippen molar-refractivity contribution in [2.75, 3.05) is 0 Å². The molecule has 0 N–H and O–H groups in total. The van der Waals surface area contributed by atoms with Gasteiger partial charge in [-0.15, -0.1) is 11.8 Å². The summed E-state index contributed by atoms with van der Waals surface area (Å²) in [5.74, 6) is 0. The maximum Gasteiger partial charge on any atom is 0.240 e. The molecule has 1 unspecified atom stereocenters. The lowest BCUT2D eigenvalue weighted by molar-refractivity contribution is 0.565. The van der Waals surface area contributed by atoms with Crippen LogP contribution in [0.15, 0.2) is 28.1 Å². The van der Waals surface area contributed by atoms with Gasteiger partial charge in [-0.1, -0.05) is 13.0 Å². The van der Waals surface area contributed by atoms with Crippen LogP contribution in [0.25, 0.3) is 0 Å². The minimum Gasteiger partial charge on any atom is -0.211 e. The zero-order valence-corrected chi connectivity index (χ0v) is 8.10. The van der Waals surface area contributed by atoms with E-state index in [0.29, 0.717) is 10.9 Å². The van der Waals surface area contributed by atoms with Crippen molar-refractivity contribution < 1.29 is 4.79 Å². The lowest BCUT2D eigenvalue weighted by Gasteiger charge is -1.96. The van der Waals surface area contributed by atoms with Crippen LogP contribution in [0.3, 0.4) is 0 Å². The van der Waals surface area contributed by atoms with E-state index in [9.17, 15) is 4.79 Å². The Balaban J connectivity index is 2.39. The van der Waals surface area contributed by atoms with Crippen LogP contribution in [0, 0.1) is 0 Å². The second kappa shape index (κ2) is 3.36. The molecule has 1 atom stereocenters. The highest BCUT2D eigenvalue weighted by Crippen LogP contribution is 2.38. The summed E-state index contributed by atoms with van der Waals surface area (Å²) >= 11 is 1.84. The molecule has 1 aromatic rings. The molecule has 2 nitrogen and oxygen atoms in total. The Morgan fingerprint density at radius 3 is 3.23 bits per heavy atom. The van der Waals surface area contributed by atoms with Crippen LogP contribution in [0.5, 0.6) is 0 Å². The van der Waals surface area contributed by atoms with Crippen LogP contribution >= 0.6 is 11.8 Å². The van der Waals surface area contributed by atoms with Crippen molar-refractivity contribution in [3.63, 3.8) is 0 Å². The van der Waals surface area contributed by atoms with E-state index in [1.54, 1.807) is 6.08 Å². The first kappa shape index (κ1) is 8.54. The molecule has 1 aliphatic rings. The number of nitrogens with zero attached hydrogens (tertiary/aromatic N) is 1. The van der Waals surface area contributed by atoms with Gasteiger partial charge in [0.05, 0.1) is 5.69 Å². The zero-order chi connectivity index (χ0) is 9.26. The molecule has 0 bridgehead atoms. The molecule has 0 aliphatic carbocycles. The molecule has 13 heavy (non-hydrogen) atoms. The van der Waals surface area contributed by atoms with Crippen molar-refractivity contribution in [2.45, 2.75) is 23.5 Å². The second-order valence-corrected chi connectivity index (χ2v) is 4.61. The minimum absolute atomic E-state index is 0.644. The first-order valence-corrected chi connectivity index (χ1v) is 5.05. The van der Waals surface area contributed by atoms with Gasteiger partial charge in [-0.3, -0.25) is 0 Å². The molecular weight excluding hydrogens is 182 g/mol. The largest absolute Gasteiger partial charge is 0.240 e. The summed E-state index contributed by atoms with van der Waals surface area (Å²) in [4.78, 5) is 14.9. The predicted molar refractivity (Wildman–Crippen MR) is 53.2 cm³/mol. The van der Waals surface area contributed by atoms with Crippen LogP contribution in [0.1, 0.15) is 12.5 Å². The van der Waals surface area contributed by atoms with E-state index in [1.165, 1.54) is 10.5 Å². The van der Waals surface area contributed by atoms with Crippen LogP contribution in [0.2, 0.25) is 0 Å². The Kier molecular flexibility index (Phi) is 2.21. The summed E-state index contributed by atoms with van der Waals surface area (Å²) in [6, 6.07) is 5.86.